The van der Waals surface area contributed by atoms with Crippen LogP contribution in [0.25, 0.3) is 0 Å². The van der Waals surface area contributed by atoms with Crippen molar-refractivity contribution in [2.24, 2.45) is 0 Å². The summed E-state index contributed by atoms with van der Waals surface area (Å²) in [5.74, 6) is 0.791. The molecule has 308 valence electrons. The number of rotatable bonds is 14. The quantitative estimate of drug-likeness (QED) is 0.0965. The van der Waals surface area contributed by atoms with E-state index in [0.29, 0.717) is 0 Å². The molecular formula is C60H68. The van der Waals surface area contributed by atoms with Gasteiger partial charge in [0.05, 0.1) is 0 Å². The topological polar surface area (TPSA) is 0 Å². The lowest BCUT2D eigenvalue weighted by Gasteiger charge is -2.31. The zero-order chi connectivity index (χ0) is 43.5. The van der Waals surface area contributed by atoms with Crippen LogP contribution >= 0.6 is 0 Å². The van der Waals surface area contributed by atoms with Gasteiger partial charge in [-0.3, -0.25) is 0 Å². The largest absolute Gasteiger partial charge is 0.0991 e. The number of benzene rings is 6. The van der Waals surface area contributed by atoms with Crippen LogP contribution in [0.5, 0.6) is 0 Å². The molecule has 4 atom stereocenters. The first-order chi connectivity index (χ1) is 28.5. The van der Waals surface area contributed by atoms with Crippen LogP contribution in [0.1, 0.15) is 163 Å². The predicted octanol–water partition coefficient (Wildman–Crippen LogP) is 16.4. The van der Waals surface area contributed by atoms with Crippen LogP contribution in [0.15, 0.2) is 164 Å². The van der Waals surface area contributed by atoms with Gasteiger partial charge in [0.25, 0.3) is 0 Å². The van der Waals surface area contributed by atoms with Crippen molar-refractivity contribution in [2.75, 3.05) is 0 Å². The fourth-order valence-electron chi connectivity index (χ4n) is 9.40. The summed E-state index contributed by atoms with van der Waals surface area (Å²) in [5, 5.41) is 0. The van der Waals surface area contributed by atoms with E-state index in [9.17, 15) is 0 Å². The molecule has 4 unspecified atom stereocenters. The third-order valence-electron chi connectivity index (χ3n) is 14.1. The molecule has 6 rings (SSSR count). The molecule has 0 saturated carbocycles. The van der Waals surface area contributed by atoms with Crippen LogP contribution in [0.4, 0.5) is 0 Å². The maximum Gasteiger partial charge on any atom is 0.0146 e. The van der Waals surface area contributed by atoms with E-state index in [1.807, 2.05) is 12.2 Å². The summed E-state index contributed by atoms with van der Waals surface area (Å²) in [6.45, 7) is 36.2. The van der Waals surface area contributed by atoms with Crippen molar-refractivity contribution in [3.8, 4) is 0 Å². The van der Waals surface area contributed by atoms with Gasteiger partial charge < -0.3 is 0 Å². The fourth-order valence-corrected chi connectivity index (χ4v) is 9.40. The lowest BCUT2D eigenvalue weighted by atomic mass is 9.72. The van der Waals surface area contributed by atoms with E-state index in [2.05, 4.69) is 230 Å². The molecule has 6 aromatic carbocycles. The Hall–Kier alpha value is -5.46. The van der Waals surface area contributed by atoms with Crippen LogP contribution in [0.3, 0.4) is 0 Å². The molecule has 0 N–H and O–H groups in total. The fraction of sp³-hybridized carbons (Fsp3) is 0.300. The molecule has 0 heteroatoms. The second-order valence-corrected chi connectivity index (χ2v) is 18.6. The molecular weight excluding hydrogens is 721 g/mol. The molecule has 0 amide bonds. The Morgan fingerprint density at radius 1 is 0.450 bits per heavy atom. The molecule has 0 nitrogen and oxygen atoms in total. The molecule has 0 fully saturated rings. The van der Waals surface area contributed by atoms with Gasteiger partial charge in [0.2, 0.25) is 0 Å². The molecule has 0 saturated heterocycles. The van der Waals surface area contributed by atoms with Crippen LogP contribution in [0.2, 0.25) is 0 Å². The van der Waals surface area contributed by atoms with Crippen LogP contribution < -0.4 is 0 Å². The second kappa shape index (κ2) is 18.0. The summed E-state index contributed by atoms with van der Waals surface area (Å²) in [5.41, 5.74) is 21.0. The smallest absolute Gasteiger partial charge is 0.0146 e. The number of hydrogen-bond acceptors (Lipinski definition) is 0. The molecule has 0 spiro atoms. The van der Waals surface area contributed by atoms with E-state index in [1.165, 1.54) is 89.0 Å². The van der Waals surface area contributed by atoms with Gasteiger partial charge >= 0.3 is 0 Å². The van der Waals surface area contributed by atoms with Crippen molar-refractivity contribution in [1.82, 2.24) is 0 Å². The zero-order valence-electron chi connectivity index (χ0n) is 38.6. The standard InChI is InChI=1S/C60H68/c1-15-21-47(16-2)41(5)55-35-53(59(11,12)51-30-26-39(3)27-31-51)37-57(45(55)9)43(7)49-24-20-25-50(34-49)44(8)58-38-54(60(13,14)52-32-28-40(4)29-33-52)36-56(46(58)10)42(6)48-22-18-17-19-23-48/h15-38,41-44H,1-2H2,3-14H3/b47-21+. The van der Waals surface area contributed by atoms with Gasteiger partial charge in [0.15, 0.2) is 0 Å². The minimum Gasteiger partial charge on any atom is -0.0991 e. The second-order valence-electron chi connectivity index (χ2n) is 18.6. The first-order valence-electron chi connectivity index (χ1n) is 22.0. The molecule has 0 heterocycles. The van der Waals surface area contributed by atoms with Gasteiger partial charge in [-0.25, -0.2) is 0 Å². The van der Waals surface area contributed by atoms with Crippen molar-refractivity contribution in [3.63, 3.8) is 0 Å². The third-order valence-corrected chi connectivity index (χ3v) is 14.1. The Kier molecular flexibility index (Phi) is 13.3. The van der Waals surface area contributed by atoms with Crippen molar-refractivity contribution < 1.29 is 0 Å². The Labute approximate surface area is 363 Å². The summed E-state index contributed by atoms with van der Waals surface area (Å²) >= 11 is 0. The summed E-state index contributed by atoms with van der Waals surface area (Å²) in [7, 11) is 0. The molecule has 0 aliphatic heterocycles. The lowest BCUT2D eigenvalue weighted by molar-refractivity contribution is 0.635. The summed E-state index contributed by atoms with van der Waals surface area (Å²) in [6, 6.07) is 48.6. The Balaban J connectivity index is 1.48. The van der Waals surface area contributed by atoms with Gasteiger partial charge in [0.1, 0.15) is 0 Å². The van der Waals surface area contributed by atoms with Gasteiger partial charge in [-0.2, -0.15) is 0 Å². The monoisotopic (exact) mass is 789 g/mol. The maximum atomic E-state index is 4.20. The van der Waals surface area contributed by atoms with Crippen molar-refractivity contribution in [3.05, 3.63) is 248 Å². The average molecular weight is 789 g/mol. The molecule has 0 bridgehead atoms. The van der Waals surface area contributed by atoms with Crippen LogP contribution in [0, 0.1) is 27.7 Å². The zero-order valence-corrected chi connectivity index (χ0v) is 38.6. The van der Waals surface area contributed by atoms with Crippen LogP contribution in [-0.4, -0.2) is 0 Å². The van der Waals surface area contributed by atoms with E-state index >= 15 is 0 Å². The van der Waals surface area contributed by atoms with Crippen LogP contribution in [-0.2, 0) is 10.8 Å². The molecule has 0 aliphatic rings. The molecule has 0 aliphatic carbocycles. The number of allylic oxidation sites excluding steroid dienone is 4. The van der Waals surface area contributed by atoms with E-state index in [-0.39, 0.29) is 34.5 Å². The first kappa shape index (κ1) is 44.1. The predicted molar refractivity (Wildman–Crippen MR) is 261 cm³/mol. The van der Waals surface area contributed by atoms with Gasteiger partial charge in [-0.1, -0.05) is 225 Å². The first-order valence-corrected chi connectivity index (χ1v) is 22.0. The SMILES string of the molecule is C=C/C=C(\C=C)C(C)c1cc(C(C)(C)c2ccc(C)cc2)cc(C(C)c2cccc(C(C)c3cc(C(C)(C)c4ccc(C)cc4)cc(C(C)c4ccccc4)c3C)c2)c1C. The highest BCUT2D eigenvalue weighted by molar-refractivity contribution is 5.55. The Morgan fingerprint density at radius 3 is 1.25 bits per heavy atom. The summed E-state index contributed by atoms with van der Waals surface area (Å²) in [6.07, 6.45) is 5.97. The van der Waals surface area contributed by atoms with E-state index in [4.69, 9.17) is 0 Å². The third kappa shape index (κ3) is 8.86. The van der Waals surface area contributed by atoms with Crippen molar-refractivity contribution in [2.45, 2.75) is 118 Å². The maximum absolute atomic E-state index is 4.20. The van der Waals surface area contributed by atoms with E-state index in [0.717, 1.165) is 0 Å². The van der Waals surface area contributed by atoms with Gasteiger partial charge in [-0.15, -0.1) is 0 Å². The average Bonchev–Trinajstić information content (AvgIpc) is 3.25. The highest BCUT2D eigenvalue weighted by atomic mass is 14.3. The summed E-state index contributed by atoms with van der Waals surface area (Å²) in [4.78, 5) is 0. The molecule has 6 aromatic rings. The molecule has 0 aromatic heterocycles. The highest BCUT2D eigenvalue weighted by Crippen LogP contribution is 2.43. The minimum absolute atomic E-state index is 0.165. The van der Waals surface area contributed by atoms with Crippen molar-refractivity contribution in [1.29, 1.82) is 0 Å². The normalized spacial score (nSPS) is 14.3. The Morgan fingerprint density at radius 2 is 0.833 bits per heavy atom. The van der Waals surface area contributed by atoms with Gasteiger partial charge in [-0.05, 0) is 106 Å². The molecule has 0 radical (unpaired) electrons. The number of hydrogen-bond donors (Lipinski definition) is 0. The minimum atomic E-state index is -0.194. The van der Waals surface area contributed by atoms with E-state index in [1.54, 1.807) is 0 Å². The lowest BCUT2D eigenvalue weighted by Crippen LogP contribution is -2.21. The van der Waals surface area contributed by atoms with Crippen molar-refractivity contribution >= 4 is 0 Å². The molecule has 60 heavy (non-hydrogen) atoms. The summed E-state index contributed by atoms with van der Waals surface area (Å²) < 4.78 is 0. The van der Waals surface area contributed by atoms with Gasteiger partial charge in [0, 0.05) is 34.5 Å². The Bertz CT molecular complexity index is 2480. The number of aryl methyl sites for hydroxylation is 2. The van der Waals surface area contributed by atoms with E-state index < -0.39 is 0 Å². The highest BCUT2D eigenvalue weighted by Gasteiger charge is 2.30.